The van der Waals surface area contributed by atoms with Crippen LogP contribution >= 0.6 is 11.8 Å². The molecule has 0 aliphatic heterocycles. The molecule has 2 rings (SSSR count). The minimum absolute atomic E-state index is 0.0130. The standard InChI is InChI=1S/C17H21N3O3S2/c1-3-25(22,23)20-16-7-6-15(9-13(16)2)19-17(21)12-24-11-14-5-4-8-18-10-14/h4-10,20H,3,11-12H2,1-2H3,(H,19,21). The maximum absolute atomic E-state index is 12.0. The number of amides is 1. The fourth-order valence-electron chi connectivity index (χ4n) is 2.04. The number of anilines is 2. The van der Waals surface area contributed by atoms with Gasteiger partial charge in [-0.15, -0.1) is 11.8 Å². The van der Waals surface area contributed by atoms with Crippen molar-refractivity contribution in [2.45, 2.75) is 19.6 Å². The number of aromatic nitrogens is 1. The van der Waals surface area contributed by atoms with Crippen molar-refractivity contribution in [2.75, 3.05) is 21.5 Å². The van der Waals surface area contributed by atoms with Crippen LogP contribution in [-0.4, -0.2) is 30.8 Å². The lowest BCUT2D eigenvalue weighted by Gasteiger charge is -2.11. The van der Waals surface area contributed by atoms with E-state index in [4.69, 9.17) is 0 Å². The minimum Gasteiger partial charge on any atom is -0.325 e. The van der Waals surface area contributed by atoms with Crippen molar-refractivity contribution in [1.82, 2.24) is 4.98 Å². The second-order valence-electron chi connectivity index (χ2n) is 5.44. The predicted molar refractivity (Wildman–Crippen MR) is 103 cm³/mol. The number of nitrogens with one attached hydrogen (secondary N) is 2. The van der Waals surface area contributed by atoms with Crippen LogP contribution in [0.5, 0.6) is 0 Å². The summed E-state index contributed by atoms with van der Waals surface area (Å²) >= 11 is 1.51. The Labute approximate surface area is 152 Å². The van der Waals surface area contributed by atoms with Crippen molar-refractivity contribution in [3.05, 3.63) is 53.9 Å². The molecule has 0 fully saturated rings. The van der Waals surface area contributed by atoms with Crippen LogP contribution in [0.25, 0.3) is 0 Å². The van der Waals surface area contributed by atoms with Crippen LogP contribution in [0.2, 0.25) is 0 Å². The topological polar surface area (TPSA) is 88.2 Å². The minimum atomic E-state index is -3.32. The van der Waals surface area contributed by atoms with Gasteiger partial charge in [0, 0.05) is 23.8 Å². The van der Waals surface area contributed by atoms with E-state index in [0.29, 0.717) is 17.1 Å². The molecule has 0 radical (unpaired) electrons. The van der Waals surface area contributed by atoms with E-state index in [1.165, 1.54) is 11.8 Å². The summed E-state index contributed by atoms with van der Waals surface area (Å²) in [6.45, 7) is 3.37. The van der Waals surface area contributed by atoms with Crippen LogP contribution in [0.3, 0.4) is 0 Å². The Morgan fingerprint density at radius 2 is 2.08 bits per heavy atom. The van der Waals surface area contributed by atoms with Crippen LogP contribution in [0, 0.1) is 6.92 Å². The molecule has 1 aromatic heterocycles. The number of hydrogen-bond acceptors (Lipinski definition) is 5. The van der Waals surface area contributed by atoms with Gasteiger partial charge >= 0.3 is 0 Å². The van der Waals surface area contributed by atoms with E-state index in [0.717, 1.165) is 16.9 Å². The van der Waals surface area contributed by atoms with Gasteiger partial charge in [-0.05, 0) is 49.2 Å². The highest BCUT2D eigenvalue weighted by Crippen LogP contribution is 2.21. The van der Waals surface area contributed by atoms with E-state index in [-0.39, 0.29) is 11.7 Å². The van der Waals surface area contributed by atoms with Crippen molar-refractivity contribution in [3.8, 4) is 0 Å². The Balaban J connectivity index is 1.87. The van der Waals surface area contributed by atoms with Gasteiger partial charge < -0.3 is 5.32 Å². The zero-order chi connectivity index (χ0) is 18.3. The third-order valence-corrected chi connectivity index (χ3v) is 5.68. The molecule has 0 bridgehead atoms. The smallest absolute Gasteiger partial charge is 0.234 e. The molecule has 0 spiro atoms. The first-order valence-corrected chi connectivity index (χ1v) is 10.6. The van der Waals surface area contributed by atoms with Gasteiger partial charge in [-0.3, -0.25) is 14.5 Å². The van der Waals surface area contributed by atoms with Gasteiger partial charge in [0.15, 0.2) is 0 Å². The van der Waals surface area contributed by atoms with E-state index in [9.17, 15) is 13.2 Å². The lowest BCUT2D eigenvalue weighted by molar-refractivity contribution is -0.113. The van der Waals surface area contributed by atoms with Gasteiger partial charge in [0.1, 0.15) is 0 Å². The van der Waals surface area contributed by atoms with E-state index in [1.807, 2.05) is 12.1 Å². The quantitative estimate of drug-likeness (QED) is 0.736. The molecule has 6 nitrogen and oxygen atoms in total. The van der Waals surface area contributed by atoms with Crippen LogP contribution in [0.4, 0.5) is 11.4 Å². The highest BCUT2D eigenvalue weighted by molar-refractivity contribution is 7.99. The van der Waals surface area contributed by atoms with Gasteiger partial charge in [-0.1, -0.05) is 6.07 Å². The molecule has 0 aliphatic rings. The number of thioether (sulfide) groups is 1. The summed E-state index contributed by atoms with van der Waals surface area (Å²) in [5.74, 6) is 0.963. The highest BCUT2D eigenvalue weighted by Gasteiger charge is 2.10. The first-order chi connectivity index (χ1) is 11.9. The molecular weight excluding hydrogens is 358 g/mol. The number of rotatable bonds is 8. The number of carbonyl (C=O) groups excluding carboxylic acids is 1. The first-order valence-electron chi connectivity index (χ1n) is 7.77. The lowest BCUT2D eigenvalue weighted by Crippen LogP contribution is -2.16. The lowest BCUT2D eigenvalue weighted by atomic mass is 10.2. The average molecular weight is 380 g/mol. The number of sulfonamides is 1. The SMILES string of the molecule is CCS(=O)(=O)Nc1ccc(NC(=O)CSCc2cccnc2)cc1C. The third kappa shape index (κ3) is 6.39. The number of benzene rings is 1. The van der Waals surface area contributed by atoms with Crippen LogP contribution < -0.4 is 10.0 Å². The van der Waals surface area contributed by atoms with Crippen molar-refractivity contribution in [2.24, 2.45) is 0 Å². The Hall–Kier alpha value is -2.06. The van der Waals surface area contributed by atoms with E-state index < -0.39 is 10.0 Å². The van der Waals surface area contributed by atoms with Gasteiger partial charge in [-0.2, -0.15) is 0 Å². The van der Waals surface area contributed by atoms with Crippen LogP contribution in [0.1, 0.15) is 18.1 Å². The Kier molecular flexibility index (Phi) is 6.83. The summed E-state index contributed by atoms with van der Waals surface area (Å²) in [5, 5.41) is 2.82. The Bertz CT molecular complexity index is 824. The highest BCUT2D eigenvalue weighted by atomic mass is 32.2. The summed E-state index contributed by atoms with van der Waals surface area (Å²) in [5.41, 5.74) is 2.98. The molecule has 25 heavy (non-hydrogen) atoms. The Morgan fingerprint density at radius 3 is 2.72 bits per heavy atom. The molecular formula is C17H21N3O3S2. The maximum atomic E-state index is 12.0. The second-order valence-corrected chi connectivity index (χ2v) is 8.43. The molecule has 1 aromatic carbocycles. The number of nitrogens with zero attached hydrogens (tertiary/aromatic N) is 1. The molecule has 2 aromatic rings. The van der Waals surface area contributed by atoms with Gasteiger partial charge in [0.05, 0.1) is 17.2 Å². The van der Waals surface area contributed by atoms with Crippen molar-refractivity contribution < 1.29 is 13.2 Å². The van der Waals surface area contributed by atoms with Crippen LogP contribution in [0.15, 0.2) is 42.7 Å². The number of pyridine rings is 1. The van der Waals surface area contributed by atoms with Gasteiger partial charge in [0.2, 0.25) is 15.9 Å². The monoisotopic (exact) mass is 379 g/mol. The Morgan fingerprint density at radius 1 is 1.28 bits per heavy atom. The zero-order valence-electron chi connectivity index (χ0n) is 14.2. The largest absolute Gasteiger partial charge is 0.325 e. The summed E-state index contributed by atoms with van der Waals surface area (Å²) < 4.78 is 25.8. The number of hydrogen-bond donors (Lipinski definition) is 2. The van der Waals surface area contributed by atoms with E-state index in [2.05, 4.69) is 15.0 Å². The average Bonchev–Trinajstić information content (AvgIpc) is 2.58. The first kappa shape index (κ1) is 19.3. The molecule has 134 valence electrons. The van der Waals surface area contributed by atoms with Gasteiger partial charge in [-0.25, -0.2) is 8.42 Å². The molecule has 2 N–H and O–H groups in total. The van der Waals surface area contributed by atoms with E-state index in [1.54, 1.807) is 44.4 Å². The summed E-state index contributed by atoms with van der Waals surface area (Å²) in [7, 11) is -3.32. The van der Waals surface area contributed by atoms with Crippen molar-refractivity contribution in [3.63, 3.8) is 0 Å². The summed E-state index contributed by atoms with van der Waals surface area (Å²) in [6.07, 6.45) is 3.50. The molecule has 0 unspecified atom stereocenters. The van der Waals surface area contributed by atoms with Gasteiger partial charge in [0.25, 0.3) is 0 Å². The third-order valence-electron chi connectivity index (χ3n) is 3.38. The molecule has 1 amide bonds. The van der Waals surface area contributed by atoms with Crippen molar-refractivity contribution in [1.29, 1.82) is 0 Å². The molecule has 0 atom stereocenters. The predicted octanol–water partition coefficient (Wildman–Crippen LogP) is 3.02. The second kappa shape index (κ2) is 8.87. The molecule has 0 aliphatic carbocycles. The van der Waals surface area contributed by atoms with E-state index >= 15 is 0 Å². The maximum Gasteiger partial charge on any atom is 0.234 e. The van der Waals surface area contributed by atoms with Crippen LogP contribution in [-0.2, 0) is 20.6 Å². The molecule has 8 heteroatoms. The molecule has 0 saturated heterocycles. The summed E-state index contributed by atoms with van der Waals surface area (Å²) in [4.78, 5) is 16.1. The van der Waals surface area contributed by atoms with Crippen molar-refractivity contribution >= 4 is 39.1 Å². The fraction of sp³-hybridized carbons (Fsp3) is 0.294. The fourth-order valence-corrected chi connectivity index (χ4v) is 3.51. The zero-order valence-corrected chi connectivity index (χ0v) is 15.8. The summed E-state index contributed by atoms with van der Waals surface area (Å²) in [6, 6.07) is 8.92. The molecule has 1 heterocycles. The number of carbonyl (C=O) groups is 1. The number of aryl methyl sites for hydroxylation is 1. The normalized spacial score (nSPS) is 11.1. The molecule has 0 saturated carbocycles.